The van der Waals surface area contributed by atoms with Crippen molar-refractivity contribution in [3.05, 3.63) is 12.7 Å². The Labute approximate surface area is 119 Å². The Bertz CT molecular complexity index is 259. The van der Waals surface area contributed by atoms with Gasteiger partial charge in [-0.3, -0.25) is 0 Å². The number of rotatable bonds is 5. The minimum absolute atomic E-state index is 0.0257. The lowest BCUT2D eigenvalue weighted by molar-refractivity contribution is -0.0279. The second-order valence-corrected chi connectivity index (χ2v) is 8.58. The molecule has 0 aromatic rings. The van der Waals surface area contributed by atoms with Crippen LogP contribution in [0.25, 0.3) is 0 Å². The Morgan fingerprint density at radius 3 is 2.26 bits per heavy atom. The van der Waals surface area contributed by atoms with E-state index in [-0.39, 0.29) is 11.3 Å². The molecular weight excluding hydrogens is 258 g/mol. The molecule has 2 N–H and O–H groups in total. The molecule has 2 unspecified atom stereocenters. The van der Waals surface area contributed by atoms with Gasteiger partial charge < -0.3 is 19.3 Å². The van der Waals surface area contributed by atoms with E-state index in [0.717, 1.165) is 31.7 Å². The van der Waals surface area contributed by atoms with Crippen LogP contribution in [0.3, 0.4) is 0 Å². The number of methoxy groups -OCH3 is 1. The molecule has 0 spiro atoms. The highest BCUT2D eigenvalue weighted by Crippen LogP contribution is 2.42. The summed E-state index contributed by atoms with van der Waals surface area (Å²) in [6.45, 7) is 7.40. The fourth-order valence-electron chi connectivity index (χ4n) is 3.07. The molecular formula is C14H31NO3Si. The van der Waals surface area contributed by atoms with E-state index in [2.05, 4.69) is 13.5 Å². The molecule has 0 aromatic carbocycles. The van der Waals surface area contributed by atoms with E-state index in [9.17, 15) is 0 Å². The predicted octanol–water partition coefficient (Wildman–Crippen LogP) is 2.76. The standard InChI is InChI=1S/C11H25NO3Si.C3H6/c1-5-8-11(13-2)10(12)7-6-9-16(11,14-3)15-4;1-3-2/h10H,5-9,12H2,1-4H3;3H,1H2,2H3. The van der Waals surface area contributed by atoms with Crippen LogP contribution < -0.4 is 5.73 Å². The van der Waals surface area contributed by atoms with Gasteiger partial charge in [-0.25, -0.2) is 0 Å². The zero-order valence-corrected chi connectivity index (χ0v) is 14.2. The van der Waals surface area contributed by atoms with Crippen molar-refractivity contribution in [1.29, 1.82) is 0 Å². The maximum Gasteiger partial charge on any atom is 0.372 e. The summed E-state index contributed by atoms with van der Waals surface area (Å²) in [6.07, 6.45) is 5.76. The molecule has 1 aliphatic heterocycles. The monoisotopic (exact) mass is 289 g/mol. The SMILES string of the molecule is C=CC.CCCC1(OC)C(N)CCC[Si]1(OC)OC. The third-order valence-corrected chi connectivity index (χ3v) is 8.36. The van der Waals surface area contributed by atoms with Crippen molar-refractivity contribution < 1.29 is 13.6 Å². The Morgan fingerprint density at radius 1 is 1.37 bits per heavy atom. The fourth-order valence-corrected chi connectivity index (χ4v) is 7.08. The van der Waals surface area contributed by atoms with E-state index in [4.69, 9.17) is 19.3 Å². The van der Waals surface area contributed by atoms with Crippen LogP contribution in [0.2, 0.25) is 6.04 Å². The molecule has 1 aliphatic rings. The number of ether oxygens (including phenoxy) is 1. The highest BCUT2D eigenvalue weighted by Gasteiger charge is 2.62. The summed E-state index contributed by atoms with van der Waals surface area (Å²) in [5.74, 6) is 0. The van der Waals surface area contributed by atoms with Crippen molar-refractivity contribution in [3.63, 3.8) is 0 Å². The Kier molecular flexibility index (Phi) is 8.77. The fraction of sp³-hybridized carbons (Fsp3) is 0.857. The van der Waals surface area contributed by atoms with Gasteiger partial charge in [0.05, 0.1) is 0 Å². The second kappa shape index (κ2) is 8.87. The molecule has 19 heavy (non-hydrogen) atoms. The van der Waals surface area contributed by atoms with E-state index in [0.29, 0.717) is 0 Å². The topological polar surface area (TPSA) is 53.7 Å². The van der Waals surface area contributed by atoms with Gasteiger partial charge in [-0.05, 0) is 32.2 Å². The van der Waals surface area contributed by atoms with Crippen LogP contribution in [0.4, 0.5) is 0 Å². The predicted molar refractivity (Wildman–Crippen MR) is 82.3 cm³/mol. The van der Waals surface area contributed by atoms with Crippen molar-refractivity contribution in [3.8, 4) is 0 Å². The van der Waals surface area contributed by atoms with E-state index < -0.39 is 8.56 Å². The molecule has 5 heteroatoms. The van der Waals surface area contributed by atoms with Crippen LogP contribution in [0.1, 0.15) is 39.5 Å². The molecule has 0 saturated carbocycles. The highest BCUT2D eigenvalue weighted by molar-refractivity contribution is 6.71. The summed E-state index contributed by atoms with van der Waals surface area (Å²) < 4.78 is 17.4. The Balaban J connectivity index is 0.000000982. The minimum atomic E-state index is -2.34. The molecule has 0 aliphatic carbocycles. The zero-order chi connectivity index (χ0) is 14.9. The Hall–Kier alpha value is -0.203. The van der Waals surface area contributed by atoms with Crippen LogP contribution >= 0.6 is 0 Å². The lowest BCUT2D eigenvalue weighted by Crippen LogP contribution is -2.72. The molecule has 1 heterocycles. The van der Waals surface area contributed by atoms with Crippen LogP contribution in [0, 0.1) is 0 Å². The molecule has 0 bridgehead atoms. The molecule has 0 radical (unpaired) electrons. The van der Waals surface area contributed by atoms with Crippen LogP contribution in [0.15, 0.2) is 12.7 Å². The van der Waals surface area contributed by atoms with Crippen LogP contribution in [-0.2, 0) is 13.6 Å². The first kappa shape index (κ1) is 18.8. The molecule has 114 valence electrons. The van der Waals surface area contributed by atoms with Gasteiger partial charge in [-0.1, -0.05) is 19.4 Å². The lowest BCUT2D eigenvalue weighted by atomic mass is 10.0. The number of allylic oxidation sites excluding steroid dienone is 1. The first-order chi connectivity index (χ1) is 9.03. The zero-order valence-electron chi connectivity index (χ0n) is 13.2. The van der Waals surface area contributed by atoms with Gasteiger partial charge in [-0.2, -0.15) is 0 Å². The minimum Gasteiger partial charge on any atom is -0.396 e. The van der Waals surface area contributed by atoms with Gasteiger partial charge in [0, 0.05) is 27.4 Å². The first-order valence-corrected chi connectivity index (χ1v) is 9.04. The highest BCUT2D eigenvalue weighted by atomic mass is 28.4. The van der Waals surface area contributed by atoms with Crippen LogP contribution in [-0.4, -0.2) is 41.2 Å². The first-order valence-electron chi connectivity index (χ1n) is 7.02. The average molecular weight is 289 g/mol. The normalized spacial score (nSPS) is 29.3. The lowest BCUT2D eigenvalue weighted by Gasteiger charge is -2.51. The smallest absolute Gasteiger partial charge is 0.372 e. The maximum atomic E-state index is 6.29. The van der Waals surface area contributed by atoms with Crippen molar-refractivity contribution in [1.82, 2.24) is 0 Å². The van der Waals surface area contributed by atoms with Crippen molar-refractivity contribution in [2.45, 2.75) is 56.8 Å². The molecule has 4 nitrogen and oxygen atoms in total. The summed E-state index contributed by atoms with van der Waals surface area (Å²) in [4.78, 5) is 0. The van der Waals surface area contributed by atoms with Gasteiger partial charge in [-0.15, -0.1) is 6.58 Å². The van der Waals surface area contributed by atoms with Gasteiger partial charge in [0.25, 0.3) is 0 Å². The number of nitrogens with two attached hydrogens (primary N) is 1. The van der Waals surface area contributed by atoms with Gasteiger partial charge >= 0.3 is 8.56 Å². The van der Waals surface area contributed by atoms with Crippen molar-refractivity contribution in [2.75, 3.05) is 21.3 Å². The second-order valence-electron chi connectivity index (χ2n) is 4.91. The van der Waals surface area contributed by atoms with Crippen LogP contribution in [0.5, 0.6) is 0 Å². The molecule has 0 amide bonds. The van der Waals surface area contributed by atoms with E-state index in [1.54, 1.807) is 27.4 Å². The Morgan fingerprint density at radius 2 is 1.89 bits per heavy atom. The molecule has 2 atom stereocenters. The third kappa shape index (κ3) is 3.67. The summed E-state index contributed by atoms with van der Waals surface area (Å²) >= 11 is 0. The summed E-state index contributed by atoms with van der Waals surface area (Å²) in [5.41, 5.74) is 6.29. The van der Waals surface area contributed by atoms with Gasteiger partial charge in [0.1, 0.15) is 5.22 Å². The average Bonchev–Trinajstić information content (AvgIpc) is 2.42. The van der Waals surface area contributed by atoms with E-state index >= 15 is 0 Å². The molecule has 0 aromatic heterocycles. The van der Waals surface area contributed by atoms with Gasteiger partial charge in [0.2, 0.25) is 0 Å². The molecule has 1 rings (SSSR count). The van der Waals surface area contributed by atoms with E-state index in [1.165, 1.54) is 0 Å². The number of hydrogen-bond donors (Lipinski definition) is 1. The third-order valence-electron chi connectivity index (χ3n) is 3.91. The van der Waals surface area contributed by atoms with E-state index in [1.807, 2.05) is 6.92 Å². The quantitative estimate of drug-likeness (QED) is 0.624. The number of hydrogen-bond acceptors (Lipinski definition) is 4. The summed E-state index contributed by atoms with van der Waals surface area (Å²) in [7, 11) is 2.86. The van der Waals surface area contributed by atoms with Crippen molar-refractivity contribution >= 4 is 8.56 Å². The molecule has 1 fully saturated rings. The largest absolute Gasteiger partial charge is 0.396 e. The maximum absolute atomic E-state index is 6.29. The summed E-state index contributed by atoms with van der Waals surface area (Å²) in [5, 5.41) is -0.385. The van der Waals surface area contributed by atoms with Crippen molar-refractivity contribution in [2.24, 2.45) is 5.73 Å². The van der Waals surface area contributed by atoms with Gasteiger partial charge in [0.15, 0.2) is 0 Å². The molecule has 1 saturated heterocycles. The summed E-state index contributed by atoms with van der Waals surface area (Å²) in [6, 6.07) is 0.999.